The minimum absolute atomic E-state index is 0.284. The minimum Gasteiger partial charge on any atom is -0.465 e. The van der Waals surface area contributed by atoms with Crippen molar-refractivity contribution in [1.29, 1.82) is 0 Å². The largest absolute Gasteiger partial charge is 0.465 e. The first-order chi connectivity index (χ1) is 9.56. The average molecular weight is 293 g/mol. The quantitative estimate of drug-likeness (QED) is 0.663. The zero-order valence-electron chi connectivity index (χ0n) is 11.7. The molecule has 0 bridgehead atoms. The van der Waals surface area contributed by atoms with E-state index in [2.05, 4.69) is 17.5 Å². The summed E-state index contributed by atoms with van der Waals surface area (Å²) >= 11 is 3.82. The fraction of sp³-hybridized carbons (Fsp3) is 0.467. The fourth-order valence-corrected chi connectivity index (χ4v) is 2.67. The van der Waals surface area contributed by atoms with E-state index in [1.54, 1.807) is 6.07 Å². The molecule has 1 aromatic carbocycles. The Balaban J connectivity index is 2.40. The van der Waals surface area contributed by atoms with Crippen molar-refractivity contribution in [2.45, 2.75) is 32.6 Å². The molecular formula is C15H19NO3S. The normalized spacial score (nSPS) is 14.6. The minimum atomic E-state index is -0.425. The molecule has 0 radical (unpaired) electrons. The van der Waals surface area contributed by atoms with E-state index in [0.717, 1.165) is 17.5 Å². The van der Waals surface area contributed by atoms with Gasteiger partial charge in [0.15, 0.2) is 0 Å². The predicted molar refractivity (Wildman–Crippen MR) is 80.0 cm³/mol. The molecule has 1 fully saturated rings. The van der Waals surface area contributed by atoms with E-state index in [9.17, 15) is 9.59 Å². The molecule has 1 N–H and O–H groups in total. The predicted octanol–water partition coefficient (Wildman–Crippen LogP) is 2.70. The van der Waals surface area contributed by atoms with Gasteiger partial charge in [0.25, 0.3) is 5.91 Å². The van der Waals surface area contributed by atoms with Crippen molar-refractivity contribution in [3.05, 3.63) is 34.4 Å². The Labute approximate surface area is 124 Å². The number of methoxy groups -OCH3 is 1. The summed E-state index contributed by atoms with van der Waals surface area (Å²) in [6.07, 6.45) is 4.55. The highest BCUT2D eigenvalue weighted by atomic mass is 32.1. The Morgan fingerprint density at radius 1 is 1.35 bits per heavy atom. The number of hydrogen-bond donors (Lipinski definition) is 2. The number of hydrogen-bond acceptors (Lipinski definition) is 4. The molecule has 0 atom stereocenters. The van der Waals surface area contributed by atoms with E-state index in [1.807, 2.05) is 13.0 Å². The number of ether oxygens (including phenoxy) is 1. The number of thiol groups is 1. The monoisotopic (exact) mass is 293 g/mol. The van der Waals surface area contributed by atoms with Crippen LogP contribution in [0.4, 0.5) is 0 Å². The number of esters is 1. The summed E-state index contributed by atoms with van der Waals surface area (Å²) in [5.74, 6) is -0.0661. The summed E-state index contributed by atoms with van der Waals surface area (Å²) < 4.78 is 7.09. The Hall–Kier alpha value is -1.49. The van der Waals surface area contributed by atoms with Crippen LogP contribution in [0.1, 0.15) is 51.1 Å². The van der Waals surface area contributed by atoms with E-state index in [4.69, 9.17) is 4.74 Å². The second kappa shape index (κ2) is 6.31. The van der Waals surface area contributed by atoms with Gasteiger partial charge in [-0.3, -0.25) is 9.52 Å². The summed E-state index contributed by atoms with van der Waals surface area (Å²) in [7, 11) is 1.34. The summed E-state index contributed by atoms with van der Waals surface area (Å²) in [6, 6.07) is 3.53. The second-order valence-corrected chi connectivity index (χ2v) is 5.48. The Bertz CT molecular complexity index is 538. The number of carbonyl (C=O) groups is 2. The maximum Gasteiger partial charge on any atom is 0.338 e. The lowest BCUT2D eigenvalue weighted by atomic mass is 9.79. The molecule has 0 aromatic heterocycles. The maximum atomic E-state index is 12.0. The van der Waals surface area contributed by atoms with Crippen LogP contribution in [0.25, 0.3) is 0 Å². The zero-order chi connectivity index (χ0) is 14.7. The summed E-state index contributed by atoms with van der Waals surface area (Å²) in [4.78, 5) is 23.7. The van der Waals surface area contributed by atoms with Gasteiger partial charge in [-0.05, 0) is 36.5 Å². The lowest BCUT2D eigenvalue weighted by Crippen LogP contribution is -2.20. The number of nitrogens with one attached hydrogen (secondary N) is 1. The van der Waals surface area contributed by atoms with E-state index in [1.165, 1.54) is 26.4 Å². The summed E-state index contributed by atoms with van der Waals surface area (Å²) in [5, 5.41) is 0. The maximum absolute atomic E-state index is 12.0. The number of rotatable bonds is 4. The van der Waals surface area contributed by atoms with Crippen LogP contribution in [-0.4, -0.2) is 19.0 Å². The van der Waals surface area contributed by atoms with Crippen molar-refractivity contribution in [3.8, 4) is 0 Å². The van der Waals surface area contributed by atoms with Gasteiger partial charge in [0.2, 0.25) is 0 Å². The van der Waals surface area contributed by atoms with Crippen LogP contribution in [-0.2, 0) is 11.2 Å². The lowest BCUT2D eigenvalue weighted by molar-refractivity contribution is 0.0600. The molecule has 2 rings (SSSR count). The summed E-state index contributed by atoms with van der Waals surface area (Å²) in [6.45, 7) is 1.86. The van der Waals surface area contributed by atoms with Crippen LogP contribution in [0.2, 0.25) is 0 Å². The van der Waals surface area contributed by atoms with Crippen LogP contribution in [0, 0.1) is 12.8 Å². The molecule has 20 heavy (non-hydrogen) atoms. The van der Waals surface area contributed by atoms with Crippen molar-refractivity contribution in [1.82, 2.24) is 4.72 Å². The molecule has 5 heteroatoms. The number of aryl methyl sites for hydroxylation is 1. The number of carbonyl (C=O) groups excluding carboxylic acids is 2. The fourth-order valence-electron chi connectivity index (χ4n) is 2.55. The van der Waals surface area contributed by atoms with E-state index in [-0.39, 0.29) is 5.91 Å². The molecule has 108 valence electrons. The van der Waals surface area contributed by atoms with Crippen molar-refractivity contribution in [2.75, 3.05) is 7.11 Å². The van der Waals surface area contributed by atoms with Crippen LogP contribution in [0.3, 0.4) is 0 Å². The highest BCUT2D eigenvalue weighted by Gasteiger charge is 2.23. The van der Waals surface area contributed by atoms with Gasteiger partial charge in [0.05, 0.1) is 12.7 Å². The molecule has 0 spiro atoms. The molecule has 0 saturated heterocycles. The van der Waals surface area contributed by atoms with E-state index in [0.29, 0.717) is 17.0 Å². The molecule has 0 unspecified atom stereocenters. The molecule has 0 aliphatic heterocycles. The van der Waals surface area contributed by atoms with Crippen LogP contribution in [0.5, 0.6) is 0 Å². The van der Waals surface area contributed by atoms with Crippen molar-refractivity contribution >= 4 is 24.7 Å². The van der Waals surface area contributed by atoms with E-state index >= 15 is 0 Å². The van der Waals surface area contributed by atoms with Gasteiger partial charge in [0, 0.05) is 5.56 Å². The van der Waals surface area contributed by atoms with Crippen molar-refractivity contribution in [3.63, 3.8) is 0 Å². The molecule has 0 heterocycles. The number of benzene rings is 1. The van der Waals surface area contributed by atoms with Gasteiger partial charge in [-0.25, -0.2) is 4.79 Å². The first-order valence-corrected chi connectivity index (χ1v) is 7.17. The number of amides is 1. The summed E-state index contributed by atoms with van der Waals surface area (Å²) in [5.41, 5.74) is 2.75. The third-order valence-corrected chi connectivity index (χ3v) is 4.14. The topological polar surface area (TPSA) is 55.4 Å². The SMILES string of the molecule is COC(=O)c1cc(C(=O)NS)c(CC2CCC2)cc1C. The smallest absolute Gasteiger partial charge is 0.338 e. The first kappa shape index (κ1) is 14.9. The van der Waals surface area contributed by atoms with Gasteiger partial charge < -0.3 is 4.74 Å². The molecule has 1 aliphatic rings. The highest BCUT2D eigenvalue weighted by molar-refractivity contribution is 7.78. The Morgan fingerprint density at radius 3 is 2.55 bits per heavy atom. The lowest BCUT2D eigenvalue weighted by Gasteiger charge is -2.26. The molecule has 4 nitrogen and oxygen atoms in total. The standard InChI is InChI=1S/C15H19NO3S/c1-9-6-11(7-10-4-3-5-10)13(14(17)16-20)8-12(9)15(18)19-2/h6,8,10,20H,3-5,7H2,1-2H3,(H,16,17). The molecule has 1 amide bonds. The average Bonchev–Trinajstić information content (AvgIpc) is 2.41. The van der Waals surface area contributed by atoms with Crippen LogP contribution in [0.15, 0.2) is 12.1 Å². The van der Waals surface area contributed by atoms with Crippen LogP contribution >= 0.6 is 12.8 Å². The molecule has 1 aliphatic carbocycles. The second-order valence-electron chi connectivity index (χ2n) is 5.26. The Morgan fingerprint density at radius 2 is 2.05 bits per heavy atom. The highest BCUT2D eigenvalue weighted by Crippen LogP contribution is 2.31. The molecular weight excluding hydrogens is 274 g/mol. The van der Waals surface area contributed by atoms with Gasteiger partial charge in [-0.15, -0.1) is 0 Å². The van der Waals surface area contributed by atoms with Crippen molar-refractivity contribution in [2.24, 2.45) is 5.92 Å². The van der Waals surface area contributed by atoms with Gasteiger partial charge in [-0.1, -0.05) is 38.1 Å². The molecule has 1 aromatic rings. The zero-order valence-corrected chi connectivity index (χ0v) is 12.6. The van der Waals surface area contributed by atoms with Crippen molar-refractivity contribution < 1.29 is 14.3 Å². The van der Waals surface area contributed by atoms with E-state index < -0.39 is 5.97 Å². The van der Waals surface area contributed by atoms with Crippen LogP contribution < -0.4 is 4.72 Å². The van der Waals surface area contributed by atoms with Gasteiger partial charge in [-0.2, -0.15) is 0 Å². The third-order valence-electron chi connectivity index (χ3n) is 3.94. The molecule has 1 saturated carbocycles. The van der Waals surface area contributed by atoms with Gasteiger partial charge >= 0.3 is 5.97 Å². The third kappa shape index (κ3) is 2.98. The first-order valence-electron chi connectivity index (χ1n) is 6.73. The van der Waals surface area contributed by atoms with Gasteiger partial charge in [0.1, 0.15) is 0 Å². The Kier molecular flexibility index (Phi) is 4.70.